The van der Waals surface area contributed by atoms with Crippen LogP contribution in [0.2, 0.25) is 0 Å². The minimum atomic E-state index is -2.56. The van der Waals surface area contributed by atoms with E-state index in [1.54, 1.807) is 0 Å². The second-order valence-electron chi connectivity index (χ2n) is 3.85. The molecule has 0 aliphatic carbocycles. The molecule has 0 saturated heterocycles. The summed E-state index contributed by atoms with van der Waals surface area (Å²) >= 11 is 0. The number of carboxylic acids is 4. The number of hydrogen-bond donors (Lipinski definition) is 5. The fourth-order valence-electron chi connectivity index (χ4n) is 1.06. The van der Waals surface area contributed by atoms with Gasteiger partial charge in [0, 0.05) is 0 Å². The minimum absolute atomic E-state index is 0. The summed E-state index contributed by atoms with van der Waals surface area (Å²) in [5, 5.41) is 33.9. The number of nitrogens with two attached hydrogens (primary N) is 1. The van der Waals surface area contributed by atoms with E-state index in [-0.39, 0.29) is 118 Å². The molecule has 0 rings (SSSR count). The van der Waals surface area contributed by atoms with E-state index < -0.39 is 60.5 Å². The molecule has 0 heterocycles. The maximum absolute atomic E-state index is 11.3. The molecule has 0 amide bonds. The molecule has 17 heteroatoms. The first-order valence-electron chi connectivity index (χ1n) is 5.54. The van der Waals surface area contributed by atoms with E-state index in [2.05, 4.69) is 9.47 Å². The Hall–Kier alpha value is 0.780. The van der Waals surface area contributed by atoms with E-state index >= 15 is 0 Å². The van der Waals surface area contributed by atoms with Crippen LogP contribution in [-0.4, -0.2) is 193 Å². The summed E-state index contributed by atoms with van der Waals surface area (Å²) in [6.45, 7) is 0. The van der Waals surface area contributed by atoms with Crippen LogP contribution in [0.25, 0.3) is 0 Å². The average molecular weight is 433 g/mol. The molecule has 27 heavy (non-hydrogen) atoms. The van der Waals surface area contributed by atoms with E-state index in [1.807, 2.05) is 0 Å². The molecule has 0 fully saturated rings. The number of rotatable bonds is 9. The van der Waals surface area contributed by atoms with Crippen LogP contribution in [0.5, 0.6) is 0 Å². The van der Waals surface area contributed by atoms with Crippen molar-refractivity contribution in [2.24, 2.45) is 5.73 Å². The van der Waals surface area contributed by atoms with E-state index in [1.165, 1.54) is 0 Å². The number of carboxylic acid groups (broad SMARTS) is 4. The Bertz CT molecular complexity index is 528. The summed E-state index contributed by atoms with van der Waals surface area (Å²) in [5.74, 6) is -11.1. The molecular weight excluding hydrogens is 418 g/mol. The van der Waals surface area contributed by atoms with E-state index in [4.69, 9.17) is 26.2 Å². The van der Waals surface area contributed by atoms with Crippen LogP contribution in [0.15, 0.2) is 0 Å². The third-order valence-corrected chi connectivity index (χ3v) is 2.07. The first-order chi connectivity index (χ1) is 10.5. The van der Waals surface area contributed by atoms with Crippen LogP contribution >= 0.6 is 0 Å². The Morgan fingerprint density at radius 3 is 1.26 bits per heavy atom. The second-order valence-corrected chi connectivity index (χ2v) is 3.85. The maximum atomic E-state index is 11.3. The van der Waals surface area contributed by atoms with Crippen molar-refractivity contribution in [3.05, 3.63) is 0 Å². The zero-order valence-corrected chi connectivity index (χ0v) is 11.1. The Balaban J connectivity index is -0.000000403. The zero-order valence-electron chi connectivity index (χ0n) is 11.1. The Labute approximate surface area is 239 Å². The molecule has 0 aromatic carbocycles. The number of carbonyl (C=O) groups is 6. The molecule has 0 aromatic heterocycles. The van der Waals surface area contributed by atoms with Gasteiger partial charge >= 0.3 is 154 Å². The summed E-state index contributed by atoms with van der Waals surface area (Å²) in [7, 11) is 0. The molecule has 0 aliphatic rings. The quantitative estimate of drug-likeness (QED) is 0.130. The number of aliphatic carboxylic acids is 4. The van der Waals surface area contributed by atoms with Crippen molar-refractivity contribution in [3.8, 4) is 0 Å². The molecule has 0 aliphatic heterocycles. The topological polar surface area (TPSA) is 228 Å². The molecule has 6 N–H and O–H groups in total. The zero-order chi connectivity index (χ0) is 18.3. The van der Waals surface area contributed by atoms with Crippen LogP contribution in [0.4, 0.5) is 0 Å². The van der Waals surface area contributed by atoms with E-state index in [9.17, 15) is 28.8 Å². The van der Waals surface area contributed by atoms with Crippen molar-refractivity contribution >= 4 is 154 Å². The molecule has 0 bridgehead atoms. The summed E-state index contributed by atoms with van der Waals surface area (Å²) in [6, 6.07) is -1.90. The molecule has 0 saturated carbocycles. The van der Waals surface area contributed by atoms with Crippen molar-refractivity contribution in [2.45, 2.75) is 24.7 Å². The van der Waals surface area contributed by atoms with E-state index in [0.717, 1.165) is 0 Å². The summed E-state index contributed by atoms with van der Waals surface area (Å²) in [6.07, 6.45) is -6.16. The van der Waals surface area contributed by atoms with E-state index in [0.29, 0.717) is 0 Å². The standard InChI is InChI=1S/C10H11NO12.4Na.4H/c11-2(10(21)23-5(8(17)18)9(19)20)1-3(12)22-4(6(13)14)7(15)16;;;;;;;;/h2,4-5H,1,11H2,(H,13,14)(H,15,16)(H,17,18)(H,19,20);;;;;;;;/t2-;;;;;;;;/m0......../s1. The van der Waals surface area contributed by atoms with Crippen LogP contribution in [0.1, 0.15) is 6.42 Å². The number of hydrogen-bond acceptors (Lipinski definition) is 9. The van der Waals surface area contributed by atoms with Crippen LogP contribution in [-0.2, 0) is 38.2 Å². The van der Waals surface area contributed by atoms with Crippen molar-refractivity contribution in [1.82, 2.24) is 0 Å². The SMILES string of the molecule is N[C@@H](CC(=O)OC(C(=O)O)C(=O)O)C(=O)OC(C(=O)O)C(=O)O.[NaH].[NaH].[NaH].[NaH]. The first kappa shape index (κ1) is 38.4. The Kier molecular flexibility index (Phi) is 26.7. The van der Waals surface area contributed by atoms with Crippen LogP contribution in [0, 0.1) is 0 Å². The van der Waals surface area contributed by atoms with Gasteiger partial charge in [-0.25, -0.2) is 19.2 Å². The summed E-state index contributed by atoms with van der Waals surface area (Å²) < 4.78 is 8.07. The van der Waals surface area contributed by atoms with Crippen molar-refractivity contribution in [3.63, 3.8) is 0 Å². The van der Waals surface area contributed by atoms with Gasteiger partial charge in [-0.3, -0.25) is 9.59 Å². The van der Waals surface area contributed by atoms with Gasteiger partial charge in [0.15, 0.2) is 0 Å². The van der Waals surface area contributed by atoms with Gasteiger partial charge in [-0.05, 0) is 0 Å². The fraction of sp³-hybridized carbons (Fsp3) is 0.400. The summed E-state index contributed by atoms with van der Waals surface area (Å²) in [4.78, 5) is 64.5. The van der Waals surface area contributed by atoms with Gasteiger partial charge in [0.05, 0.1) is 6.42 Å². The molecule has 1 atom stereocenters. The van der Waals surface area contributed by atoms with Gasteiger partial charge in [0.1, 0.15) is 6.04 Å². The van der Waals surface area contributed by atoms with Crippen LogP contribution in [0.3, 0.4) is 0 Å². The monoisotopic (exact) mass is 433 g/mol. The third kappa shape index (κ3) is 15.3. The van der Waals surface area contributed by atoms with Crippen molar-refractivity contribution in [1.29, 1.82) is 0 Å². The Morgan fingerprint density at radius 2 is 0.963 bits per heavy atom. The number of ether oxygens (including phenoxy) is 2. The van der Waals surface area contributed by atoms with Gasteiger partial charge in [0.2, 0.25) is 0 Å². The normalized spacial score (nSPS) is 9.89. The second kappa shape index (κ2) is 18.8. The van der Waals surface area contributed by atoms with Gasteiger partial charge in [-0.2, -0.15) is 0 Å². The number of carbonyl (C=O) groups excluding carboxylic acids is 2. The first-order valence-corrected chi connectivity index (χ1v) is 5.54. The number of esters is 2. The molecule has 13 nitrogen and oxygen atoms in total. The van der Waals surface area contributed by atoms with Gasteiger partial charge in [-0.15, -0.1) is 0 Å². The fourth-order valence-corrected chi connectivity index (χ4v) is 1.06. The molecule has 0 aromatic rings. The predicted molar refractivity (Wildman–Crippen MR) is 91.5 cm³/mol. The predicted octanol–water partition coefficient (Wildman–Crippen LogP) is -5.73. The van der Waals surface area contributed by atoms with Crippen molar-refractivity contribution < 1.29 is 58.7 Å². The van der Waals surface area contributed by atoms with Crippen LogP contribution < -0.4 is 5.73 Å². The van der Waals surface area contributed by atoms with Gasteiger partial charge in [0.25, 0.3) is 12.2 Å². The third-order valence-electron chi connectivity index (χ3n) is 2.07. The molecule has 0 unspecified atom stereocenters. The van der Waals surface area contributed by atoms with Gasteiger partial charge < -0.3 is 35.6 Å². The van der Waals surface area contributed by atoms with Crippen molar-refractivity contribution in [2.75, 3.05) is 0 Å². The summed E-state index contributed by atoms with van der Waals surface area (Å²) in [5.41, 5.74) is 5.14. The average Bonchev–Trinajstić information content (AvgIpc) is 2.40. The molecule has 0 spiro atoms. The molecular formula is C10H15NNa4O12. The molecule has 136 valence electrons. The molecule has 0 radical (unpaired) electrons. The Morgan fingerprint density at radius 1 is 0.667 bits per heavy atom. The van der Waals surface area contributed by atoms with Gasteiger partial charge in [-0.1, -0.05) is 0 Å².